The quantitative estimate of drug-likeness (QED) is 0.314. The Balaban J connectivity index is 1.49. The predicted molar refractivity (Wildman–Crippen MR) is 145 cm³/mol. The Morgan fingerprint density at radius 3 is 2.29 bits per heavy atom. The van der Waals surface area contributed by atoms with Crippen LogP contribution in [0.3, 0.4) is 0 Å². The van der Waals surface area contributed by atoms with E-state index in [0.29, 0.717) is 5.70 Å². The van der Waals surface area contributed by atoms with E-state index in [9.17, 15) is 4.79 Å². The molecule has 4 heteroatoms. The van der Waals surface area contributed by atoms with Crippen LogP contribution in [0.2, 0.25) is 0 Å². The minimum absolute atomic E-state index is 0.0277. The third kappa shape index (κ3) is 3.58. The van der Waals surface area contributed by atoms with Crippen LogP contribution >= 0.6 is 0 Å². The molecule has 1 aliphatic rings. The van der Waals surface area contributed by atoms with E-state index < -0.39 is 0 Å². The van der Waals surface area contributed by atoms with Gasteiger partial charge in [-0.2, -0.15) is 0 Å². The molecule has 172 valence electrons. The van der Waals surface area contributed by atoms with E-state index in [1.54, 1.807) is 0 Å². The number of rotatable bonds is 4. The summed E-state index contributed by atoms with van der Waals surface area (Å²) in [5.41, 5.74) is 8.16. The van der Waals surface area contributed by atoms with Gasteiger partial charge in [-0.15, -0.1) is 0 Å². The lowest BCUT2D eigenvalue weighted by atomic mass is 10.0. The van der Waals surface area contributed by atoms with Crippen LogP contribution in [0.5, 0.6) is 0 Å². The molecule has 4 nitrogen and oxygen atoms in total. The number of amides is 1. The topological polar surface area (TPSA) is 37.3 Å². The van der Waals surface area contributed by atoms with Crippen molar-refractivity contribution in [1.82, 2.24) is 4.57 Å². The van der Waals surface area contributed by atoms with Gasteiger partial charge in [-0.25, -0.2) is 0 Å². The van der Waals surface area contributed by atoms with Crippen molar-refractivity contribution in [2.45, 2.75) is 19.9 Å². The number of fused-ring (bicyclic) bond motifs is 3. The van der Waals surface area contributed by atoms with Crippen molar-refractivity contribution < 1.29 is 4.79 Å². The fourth-order valence-electron chi connectivity index (χ4n) is 5.20. The van der Waals surface area contributed by atoms with Gasteiger partial charge in [0.2, 0.25) is 0 Å². The van der Waals surface area contributed by atoms with Crippen LogP contribution < -0.4 is 10.2 Å². The van der Waals surface area contributed by atoms with E-state index in [-0.39, 0.29) is 11.9 Å². The molecule has 5 aromatic rings. The molecule has 1 amide bonds. The van der Waals surface area contributed by atoms with Gasteiger partial charge in [0.1, 0.15) is 5.70 Å². The Morgan fingerprint density at radius 2 is 1.49 bits per heavy atom. The molecule has 1 atom stereocenters. The van der Waals surface area contributed by atoms with Crippen molar-refractivity contribution in [3.63, 3.8) is 0 Å². The Hall–Kier alpha value is -4.31. The molecule has 0 aliphatic carbocycles. The SMILES string of the molecule is Cc1cccc(NC2=CC(c3ccc4c(c3)c3ccccc3n4C)N(c3cccc(C)c3)C2=O)c1. The highest BCUT2D eigenvalue weighted by Gasteiger charge is 2.35. The van der Waals surface area contributed by atoms with Crippen molar-refractivity contribution in [3.8, 4) is 0 Å². The second-order valence-corrected chi connectivity index (χ2v) is 9.39. The summed E-state index contributed by atoms with van der Waals surface area (Å²) in [5.74, 6) is -0.0277. The Morgan fingerprint density at radius 1 is 0.743 bits per heavy atom. The van der Waals surface area contributed by atoms with Crippen LogP contribution in [0.15, 0.2) is 103 Å². The molecule has 0 radical (unpaired) electrons. The summed E-state index contributed by atoms with van der Waals surface area (Å²) in [6.45, 7) is 4.11. The summed E-state index contributed by atoms with van der Waals surface area (Å²) >= 11 is 0. The number of carbonyl (C=O) groups excluding carboxylic acids is 1. The first-order chi connectivity index (χ1) is 17.0. The minimum Gasteiger partial charge on any atom is -0.351 e. The highest BCUT2D eigenvalue weighted by molar-refractivity contribution is 6.12. The van der Waals surface area contributed by atoms with Gasteiger partial charge in [-0.05, 0) is 79.1 Å². The van der Waals surface area contributed by atoms with Gasteiger partial charge < -0.3 is 9.88 Å². The van der Waals surface area contributed by atoms with Crippen LogP contribution in [0.1, 0.15) is 22.7 Å². The molecule has 6 rings (SSSR count). The standard InChI is InChI=1S/C31H27N3O/c1-20-8-6-10-23(16-20)32-27-19-30(34(31(27)35)24-11-7-9-21(2)17-24)22-14-15-29-26(18-22)25-12-4-5-13-28(25)33(29)3/h4-19,30,32H,1-3H3. The molecule has 1 aliphatic heterocycles. The summed E-state index contributed by atoms with van der Waals surface area (Å²) < 4.78 is 2.23. The van der Waals surface area contributed by atoms with Crippen molar-refractivity contribution in [2.75, 3.05) is 10.2 Å². The lowest BCUT2D eigenvalue weighted by molar-refractivity contribution is -0.114. The van der Waals surface area contributed by atoms with Gasteiger partial charge in [-0.1, -0.05) is 48.5 Å². The zero-order valence-electron chi connectivity index (χ0n) is 20.1. The molecular weight excluding hydrogens is 430 g/mol. The molecule has 0 spiro atoms. The average molecular weight is 458 g/mol. The van der Waals surface area contributed by atoms with Gasteiger partial charge in [0, 0.05) is 40.2 Å². The third-order valence-electron chi connectivity index (χ3n) is 6.91. The Bertz CT molecular complexity index is 1640. The van der Waals surface area contributed by atoms with Crippen LogP contribution in [0.25, 0.3) is 21.8 Å². The molecule has 1 N–H and O–H groups in total. The lowest BCUT2D eigenvalue weighted by Gasteiger charge is -2.26. The largest absolute Gasteiger partial charge is 0.351 e. The number of hydrogen-bond donors (Lipinski definition) is 1. The van der Waals surface area contributed by atoms with Crippen LogP contribution in [0.4, 0.5) is 11.4 Å². The number of nitrogens with one attached hydrogen (secondary N) is 1. The van der Waals surface area contributed by atoms with Crippen molar-refractivity contribution >= 4 is 39.1 Å². The zero-order chi connectivity index (χ0) is 24.1. The maximum atomic E-state index is 13.8. The fourth-order valence-corrected chi connectivity index (χ4v) is 5.20. The zero-order valence-corrected chi connectivity index (χ0v) is 20.1. The number of carbonyl (C=O) groups is 1. The molecule has 0 saturated carbocycles. The first kappa shape index (κ1) is 21.2. The smallest absolute Gasteiger partial charge is 0.275 e. The van der Waals surface area contributed by atoms with Gasteiger partial charge in [0.25, 0.3) is 5.91 Å². The molecule has 1 aromatic heterocycles. The molecule has 35 heavy (non-hydrogen) atoms. The first-order valence-electron chi connectivity index (χ1n) is 11.9. The second kappa shape index (κ2) is 8.17. The highest BCUT2D eigenvalue weighted by atomic mass is 16.2. The van der Waals surface area contributed by atoms with Gasteiger partial charge in [-0.3, -0.25) is 9.69 Å². The molecule has 4 aromatic carbocycles. The number of benzene rings is 4. The van der Waals surface area contributed by atoms with Crippen LogP contribution in [-0.2, 0) is 11.8 Å². The maximum Gasteiger partial charge on any atom is 0.275 e. The van der Waals surface area contributed by atoms with E-state index in [1.165, 1.54) is 21.8 Å². The van der Waals surface area contributed by atoms with E-state index in [1.807, 2.05) is 29.2 Å². The summed E-state index contributed by atoms with van der Waals surface area (Å²) in [4.78, 5) is 15.7. The van der Waals surface area contributed by atoms with Crippen molar-refractivity contribution in [1.29, 1.82) is 0 Å². The predicted octanol–water partition coefficient (Wildman–Crippen LogP) is 7.03. The maximum absolute atomic E-state index is 13.8. The molecule has 0 bridgehead atoms. The third-order valence-corrected chi connectivity index (χ3v) is 6.91. The Kier molecular flexibility index (Phi) is 4.96. The van der Waals surface area contributed by atoms with Gasteiger partial charge in [0.05, 0.1) is 6.04 Å². The first-order valence-corrected chi connectivity index (χ1v) is 11.9. The number of nitrogens with zero attached hydrogens (tertiary/aromatic N) is 2. The number of aryl methyl sites for hydroxylation is 3. The van der Waals surface area contributed by atoms with E-state index in [0.717, 1.165) is 28.1 Å². The Labute approximate surface area is 205 Å². The van der Waals surface area contributed by atoms with E-state index in [2.05, 4.69) is 104 Å². The molecule has 1 unspecified atom stereocenters. The van der Waals surface area contributed by atoms with E-state index in [4.69, 9.17) is 0 Å². The van der Waals surface area contributed by atoms with Crippen molar-refractivity contribution in [2.24, 2.45) is 7.05 Å². The number of aromatic nitrogens is 1. The highest BCUT2D eigenvalue weighted by Crippen LogP contribution is 2.39. The number of anilines is 2. The molecule has 0 fully saturated rings. The van der Waals surface area contributed by atoms with Gasteiger partial charge in [0.15, 0.2) is 0 Å². The van der Waals surface area contributed by atoms with Crippen molar-refractivity contribution in [3.05, 3.63) is 119 Å². The van der Waals surface area contributed by atoms with E-state index >= 15 is 0 Å². The monoisotopic (exact) mass is 457 g/mol. The second-order valence-electron chi connectivity index (χ2n) is 9.39. The summed E-state index contributed by atoms with van der Waals surface area (Å²) in [7, 11) is 2.10. The van der Waals surface area contributed by atoms with Crippen LogP contribution in [0, 0.1) is 13.8 Å². The average Bonchev–Trinajstić information content (AvgIpc) is 3.33. The normalized spacial score (nSPS) is 15.7. The molecular formula is C31H27N3O. The van der Waals surface area contributed by atoms with Crippen LogP contribution in [-0.4, -0.2) is 10.5 Å². The summed E-state index contributed by atoms with van der Waals surface area (Å²) in [6.07, 6.45) is 2.05. The number of para-hydroxylation sites is 1. The lowest BCUT2D eigenvalue weighted by Crippen LogP contribution is -2.30. The molecule has 2 heterocycles. The summed E-state index contributed by atoms with van der Waals surface area (Å²) in [5, 5.41) is 5.80. The minimum atomic E-state index is -0.208. The van der Waals surface area contributed by atoms with Gasteiger partial charge >= 0.3 is 0 Å². The summed E-state index contributed by atoms with van der Waals surface area (Å²) in [6, 6.07) is 31.1. The molecule has 0 saturated heterocycles. The number of hydrogen-bond acceptors (Lipinski definition) is 2. The fraction of sp³-hybridized carbons (Fsp3) is 0.129.